The lowest BCUT2D eigenvalue weighted by atomic mass is 9.71. The Morgan fingerprint density at radius 1 is 0.533 bits per heavy atom. The fourth-order valence-corrected chi connectivity index (χ4v) is 1.81. The van der Waals surface area contributed by atoms with Crippen molar-refractivity contribution in [2.45, 2.75) is 59.7 Å². The van der Waals surface area contributed by atoms with Crippen LogP contribution in [0.1, 0.15) is 41.5 Å². The van der Waals surface area contributed by atoms with E-state index in [1.165, 1.54) is 0 Å². The van der Waals surface area contributed by atoms with Gasteiger partial charge in [0.25, 0.3) is 22.6 Å². The molecule has 0 atom stereocenters. The maximum atomic E-state index is 2.53. The fraction of sp³-hybridized carbons (Fsp3) is 1.00. The summed E-state index contributed by atoms with van der Waals surface area (Å²) in [6, 6.07) is 1.90. The van der Waals surface area contributed by atoms with Crippen LogP contribution in [0.4, 0.5) is 0 Å². The molecule has 1 aliphatic heterocycles. The fourth-order valence-electron chi connectivity index (χ4n) is 1.81. The Kier molecular flexibility index (Phi) is 4.75. The van der Waals surface area contributed by atoms with Gasteiger partial charge in [-0.25, -0.2) is 0 Å². The zero-order valence-corrected chi connectivity index (χ0v) is 11.2. The second kappa shape index (κ2) is 5.42. The molecule has 0 aromatic rings. The zero-order valence-electron chi connectivity index (χ0n) is 11.2. The Hall–Kier alpha value is 0.0748. The molecule has 1 heterocycles. The normalized spacial score (nSPS) is 20.6. The molecular weight excluding hydrogens is 183 g/mol. The molecule has 0 N–H and O–H groups in total. The molecule has 0 radical (unpaired) electrons. The largest absolute Gasteiger partial charge is 0.361 e. The second-order valence-corrected chi connectivity index (χ2v) is 5.47. The van der Waals surface area contributed by atoms with Gasteiger partial charge in [-0.05, 0) is 18.1 Å². The van der Waals surface area contributed by atoms with Crippen LogP contribution in [0.15, 0.2) is 0 Å². The first kappa shape index (κ1) is 13.1. The van der Waals surface area contributed by atoms with Crippen molar-refractivity contribution in [3.63, 3.8) is 0 Å². The summed E-state index contributed by atoms with van der Waals surface area (Å²) in [4.78, 5) is 0. The third-order valence-electron chi connectivity index (χ3n) is 3.28. The van der Waals surface area contributed by atoms with E-state index in [1.807, 2.05) is 0 Å². The second-order valence-electron chi connectivity index (χ2n) is 5.47. The third kappa shape index (κ3) is 3.54. The van der Waals surface area contributed by atoms with Crippen LogP contribution in [-0.4, -0.2) is 54.9 Å². The van der Waals surface area contributed by atoms with Gasteiger partial charge >= 0.3 is 0 Å². The molecule has 3 nitrogen and oxygen atoms in total. The molecule has 1 aliphatic rings. The minimum absolute atomic E-state index is 0.632. The smallest absolute Gasteiger partial charge is 0.271 e. The van der Waals surface area contributed by atoms with E-state index in [2.05, 4.69) is 55.7 Å². The minimum atomic E-state index is 0.632. The maximum absolute atomic E-state index is 2.53. The van der Waals surface area contributed by atoms with Crippen molar-refractivity contribution >= 4 is 22.6 Å². The van der Waals surface area contributed by atoms with Crippen LogP contribution in [0, 0.1) is 0 Å². The summed E-state index contributed by atoms with van der Waals surface area (Å²) in [5, 5.41) is 0. The van der Waals surface area contributed by atoms with Crippen molar-refractivity contribution in [3.05, 3.63) is 0 Å². The van der Waals surface area contributed by atoms with Crippen LogP contribution < -0.4 is 0 Å². The molecule has 0 unspecified atom stereocenters. The standard InChI is InChI=1S/C9H24B3N3/c1-7(2)13-10-14(8(3)4)12-15(11-13)9(5)6/h7-12H,1-6H3. The molecule has 15 heavy (non-hydrogen) atoms. The molecule has 0 amide bonds. The van der Waals surface area contributed by atoms with Crippen LogP contribution >= 0.6 is 0 Å². The average molecular weight is 207 g/mol. The van der Waals surface area contributed by atoms with Gasteiger partial charge in [0, 0.05) is 0 Å². The molecule has 0 bridgehead atoms. The van der Waals surface area contributed by atoms with Gasteiger partial charge in [-0.3, -0.25) is 0 Å². The van der Waals surface area contributed by atoms with Crippen LogP contribution in [0.5, 0.6) is 0 Å². The van der Waals surface area contributed by atoms with E-state index in [0.717, 1.165) is 22.6 Å². The average Bonchev–Trinajstić information content (AvgIpc) is 2.16. The van der Waals surface area contributed by atoms with E-state index >= 15 is 0 Å². The molecule has 6 heteroatoms. The number of hydrogen-bond donors (Lipinski definition) is 0. The van der Waals surface area contributed by atoms with Gasteiger partial charge in [0.2, 0.25) is 0 Å². The Bertz CT molecular complexity index is 160. The van der Waals surface area contributed by atoms with Crippen molar-refractivity contribution in [1.82, 2.24) is 14.2 Å². The lowest BCUT2D eigenvalue weighted by Gasteiger charge is -2.45. The quantitative estimate of drug-likeness (QED) is 0.599. The van der Waals surface area contributed by atoms with Gasteiger partial charge in [0.1, 0.15) is 0 Å². The highest BCUT2D eigenvalue weighted by molar-refractivity contribution is 6.64. The number of nitrogens with zero attached hydrogens (tertiary/aromatic N) is 3. The van der Waals surface area contributed by atoms with Gasteiger partial charge in [-0.2, -0.15) is 0 Å². The van der Waals surface area contributed by atoms with E-state index in [0.29, 0.717) is 18.1 Å². The molecule has 0 aromatic carbocycles. The Morgan fingerprint density at radius 3 is 0.867 bits per heavy atom. The summed E-state index contributed by atoms with van der Waals surface area (Å²) < 4.78 is 7.59. The zero-order chi connectivity index (χ0) is 11.6. The van der Waals surface area contributed by atoms with E-state index in [4.69, 9.17) is 0 Å². The van der Waals surface area contributed by atoms with Gasteiger partial charge in [-0.1, -0.05) is 41.5 Å². The molecule has 0 aliphatic carbocycles. The third-order valence-corrected chi connectivity index (χ3v) is 3.28. The van der Waals surface area contributed by atoms with Crippen LogP contribution in [0.25, 0.3) is 0 Å². The predicted molar refractivity (Wildman–Crippen MR) is 72.4 cm³/mol. The van der Waals surface area contributed by atoms with Gasteiger partial charge in [-0.15, -0.1) is 0 Å². The summed E-state index contributed by atoms with van der Waals surface area (Å²) >= 11 is 0. The summed E-state index contributed by atoms with van der Waals surface area (Å²) in [6.45, 7) is 13.7. The van der Waals surface area contributed by atoms with Crippen molar-refractivity contribution in [3.8, 4) is 0 Å². The molecule has 0 aromatic heterocycles. The minimum Gasteiger partial charge on any atom is -0.361 e. The molecule has 0 saturated carbocycles. The Morgan fingerprint density at radius 2 is 0.733 bits per heavy atom. The van der Waals surface area contributed by atoms with Gasteiger partial charge < -0.3 is 14.2 Å². The Labute approximate surface area is 97.0 Å². The lowest BCUT2D eigenvalue weighted by molar-refractivity contribution is 0.384. The van der Waals surface area contributed by atoms with Crippen molar-refractivity contribution in [1.29, 1.82) is 0 Å². The van der Waals surface area contributed by atoms with E-state index in [-0.39, 0.29) is 0 Å². The van der Waals surface area contributed by atoms with Crippen LogP contribution in [-0.2, 0) is 0 Å². The lowest BCUT2D eigenvalue weighted by Crippen LogP contribution is -2.65. The maximum Gasteiger partial charge on any atom is 0.271 e. The molecule has 1 saturated heterocycles. The monoisotopic (exact) mass is 207 g/mol. The van der Waals surface area contributed by atoms with Gasteiger partial charge in [0.15, 0.2) is 0 Å². The number of hydrogen-bond acceptors (Lipinski definition) is 3. The summed E-state index contributed by atoms with van der Waals surface area (Å²) in [6.07, 6.45) is 0. The highest BCUT2D eigenvalue weighted by atomic mass is 15.3. The first-order chi connectivity index (χ1) is 6.91. The SMILES string of the molecule is CC(C)N1BN(C(C)C)BN(C(C)C)B1. The van der Waals surface area contributed by atoms with Gasteiger partial charge in [0.05, 0.1) is 0 Å². The summed E-state index contributed by atoms with van der Waals surface area (Å²) in [7, 11) is 3.33. The molecule has 84 valence electrons. The van der Waals surface area contributed by atoms with E-state index in [1.54, 1.807) is 0 Å². The van der Waals surface area contributed by atoms with Crippen LogP contribution in [0.2, 0.25) is 0 Å². The molecule has 0 spiro atoms. The first-order valence-corrected chi connectivity index (χ1v) is 6.14. The van der Waals surface area contributed by atoms with Crippen molar-refractivity contribution in [2.75, 3.05) is 0 Å². The van der Waals surface area contributed by atoms with E-state index in [9.17, 15) is 0 Å². The highest BCUT2D eigenvalue weighted by Gasteiger charge is 2.31. The molecular formula is C9H24B3N3. The van der Waals surface area contributed by atoms with Crippen LogP contribution in [0.3, 0.4) is 0 Å². The van der Waals surface area contributed by atoms with Crippen molar-refractivity contribution < 1.29 is 0 Å². The summed E-state index contributed by atoms with van der Waals surface area (Å²) in [5.74, 6) is 0. The molecule has 1 rings (SSSR count). The number of rotatable bonds is 3. The topological polar surface area (TPSA) is 9.72 Å². The summed E-state index contributed by atoms with van der Waals surface area (Å²) in [5.41, 5.74) is 0. The Balaban J connectivity index is 2.64. The van der Waals surface area contributed by atoms with E-state index < -0.39 is 0 Å². The first-order valence-electron chi connectivity index (χ1n) is 6.14. The van der Waals surface area contributed by atoms with Crippen molar-refractivity contribution in [2.24, 2.45) is 0 Å². The predicted octanol–water partition coefficient (Wildman–Crippen LogP) is -0.0693. The highest BCUT2D eigenvalue weighted by Crippen LogP contribution is 2.10. The molecule has 1 fully saturated rings.